The molecule has 128 heavy (non-hydrogen) atoms. The quantitative estimate of drug-likeness (QED) is 0.0278. The van der Waals surface area contributed by atoms with E-state index in [9.17, 15) is 136 Å². The number of carboxylic acids is 3. The van der Waals surface area contributed by atoms with Gasteiger partial charge in [0.2, 0.25) is 23.6 Å². The van der Waals surface area contributed by atoms with Gasteiger partial charge >= 0.3 is 17.9 Å². The molecular weight excluding hydrogens is 1690 g/mol. The van der Waals surface area contributed by atoms with Crippen molar-refractivity contribution in [2.45, 2.75) is 454 Å². The van der Waals surface area contributed by atoms with Crippen LogP contribution in [0.1, 0.15) is 272 Å². The van der Waals surface area contributed by atoms with Gasteiger partial charge in [-0.15, -0.1) is 0 Å². The van der Waals surface area contributed by atoms with E-state index in [-0.39, 0.29) is 18.7 Å². The molecular formula is C87H154N4O37. The summed E-state index contributed by atoms with van der Waals surface area (Å²) in [6.07, 6.45) is -14.7. The predicted octanol–water partition coefficient (Wildman–Crippen LogP) is -0.146. The highest BCUT2D eigenvalue weighted by molar-refractivity contribution is 5.79. The molecule has 5 heterocycles. The number of hydrogen-bond acceptors (Lipinski definition) is 34. The number of ether oxygens (including phenoxy) is 10. The number of aliphatic hydroxyl groups is 17. The first-order valence-electron chi connectivity index (χ1n) is 46.3. The SMILES string of the molecule is CCCCCCCC/C=C\CCCCCCCCCCCCCC(=O)N[C@@H](CO[C@@H]1O[C@H](CO)[C@@H](O[C@@H]2O[C@H](CO)[C@H](O)[C@H](O[C@]3(C(=O)O)C[C@H](O)[C@@H](NC(C)=O)C([C@H](O)[C@@H](CO)O[C@]4(C(=O)O)C[C@H](O)[C@@H](NC(C)=O)C([C@H](O)[C@@H](CO)O[C@]5(C(=O)O)C[C@H](O)[C@@H](NC(C)=O)C([C@H](O)[C@H](O)CO)O5)O4)O3)[C@H]2O)[C@H](O)[C@H]1O)[C@H](O)CCCCCCCCCCCCCCC. The number of carbonyl (C=O) groups excluding carboxylic acids is 4. The van der Waals surface area contributed by atoms with Crippen molar-refractivity contribution < 1.29 is 183 Å². The van der Waals surface area contributed by atoms with E-state index in [1.807, 2.05) is 0 Å². The minimum atomic E-state index is -3.57. The van der Waals surface area contributed by atoms with Crippen LogP contribution in [0.2, 0.25) is 0 Å². The fourth-order valence-corrected chi connectivity index (χ4v) is 17.2. The number of aliphatic hydroxyl groups excluding tert-OH is 17. The summed E-state index contributed by atoms with van der Waals surface area (Å²) < 4.78 is 58.4. The van der Waals surface area contributed by atoms with Crippen LogP contribution in [0.3, 0.4) is 0 Å². The Hall–Kier alpha value is -5.05. The highest BCUT2D eigenvalue weighted by Crippen LogP contribution is 2.43. The number of carbonyl (C=O) groups is 7. The summed E-state index contributed by atoms with van der Waals surface area (Å²) in [5.41, 5.74) is 0. The first kappa shape index (κ1) is 113. The van der Waals surface area contributed by atoms with Crippen molar-refractivity contribution in [3.63, 3.8) is 0 Å². The van der Waals surface area contributed by atoms with E-state index in [2.05, 4.69) is 47.3 Å². The minimum absolute atomic E-state index is 0.143. The first-order chi connectivity index (χ1) is 61.0. The van der Waals surface area contributed by atoms with Gasteiger partial charge in [-0.1, -0.05) is 199 Å². The summed E-state index contributed by atoms with van der Waals surface area (Å²) in [5.74, 6) is -20.5. The first-order valence-corrected chi connectivity index (χ1v) is 46.3. The monoisotopic (exact) mass is 1850 g/mol. The molecule has 0 bridgehead atoms. The van der Waals surface area contributed by atoms with E-state index in [0.29, 0.717) is 12.8 Å². The molecule has 0 aromatic heterocycles. The Morgan fingerprint density at radius 3 is 1.16 bits per heavy atom. The van der Waals surface area contributed by atoms with Gasteiger partial charge in [0.25, 0.3) is 17.4 Å². The number of hydrogen-bond donors (Lipinski definition) is 24. The average molecular weight is 1850 g/mol. The summed E-state index contributed by atoms with van der Waals surface area (Å²) in [4.78, 5) is 92.3. The van der Waals surface area contributed by atoms with Crippen LogP contribution >= 0.6 is 0 Å². The van der Waals surface area contributed by atoms with Crippen LogP contribution in [-0.4, -0.2) is 366 Å². The maximum atomic E-state index is 13.8. The van der Waals surface area contributed by atoms with Gasteiger partial charge in [0.1, 0.15) is 104 Å². The fourth-order valence-electron chi connectivity index (χ4n) is 17.2. The van der Waals surface area contributed by atoms with Crippen molar-refractivity contribution in [1.82, 2.24) is 21.3 Å². The zero-order valence-corrected chi connectivity index (χ0v) is 75.0. The average Bonchev–Trinajstić information content (AvgIpc) is 0.748. The molecule has 0 radical (unpaired) electrons. The lowest BCUT2D eigenvalue weighted by molar-refractivity contribution is -0.388. The second kappa shape index (κ2) is 59.0. The smallest absolute Gasteiger partial charge is 0.364 e. The zero-order valence-electron chi connectivity index (χ0n) is 75.0. The molecule has 0 aromatic rings. The van der Waals surface area contributed by atoms with Gasteiger partial charge in [0.15, 0.2) is 12.6 Å². The zero-order chi connectivity index (χ0) is 94.8. The lowest BCUT2D eigenvalue weighted by atomic mass is 9.86. The molecule has 0 aromatic carbocycles. The number of aliphatic carboxylic acids is 3. The molecule has 4 amide bonds. The third-order valence-electron chi connectivity index (χ3n) is 24.5. The van der Waals surface area contributed by atoms with E-state index in [1.165, 1.54) is 122 Å². The number of amides is 4. The Labute approximate surface area is 749 Å². The Morgan fingerprint density at radius 1 is 0.414 bits per heavy atom. The highest BCUT2D eigenvalue weighted by Gasteiger charge is 2.64. The van der Waals surface area contributed by atoms with Gasteiger partial charge in [0, 0.05) is 46.5 Å². The topological polar surface area (TPSA) is 665 Å². The molecule has 5 aliphatic heterocycles. The summed E-state index contributed by atoms with van der Waals surface area (Å²) >= 11 is 0. The summed E-state index contributed by atoms with van der Waals surface area (Å²) in [6, 6.07) is -6.94. The van der Waals surface area contributed by atoms with E-state index in [1.54, 1.807) is 0 Å². The van der Waals surface area contributed by atoms with Crippen LogP contribution in [0.4, 0.5) is 0 Å². The Bertz CT molecular complexity index is 3210. The Balaban J connectivity index is 1.31. The van der Waals surface area contributed by atoms with Crippen molar-refractivity contribution >= 4 is 41.5 Å². The van der Waals surface area contributed by atoms with Gasteiger partial charge in [-0.05, 0) is 38.5 Å². The summed E-state index contributed by atoms with van der Waals surface area (Å²) in [6.45, 7) is 0.0163. The van der Waals surface area contributed by atoms with E-state index >= 15 is 0 Å². The lowest BCUT2D eigenvalue weighted by Gasteiger charge is -2.51. The van der Waals surface area contributed by atoms with Crippen molar-refractivity contribution in [2.75, 3.05) is 39.6 Å². The van der Waals surface area contributed by atoms with Crippen LogP contribution in [0, 0.1) is 0 Å². The van der Waals surface area contributed by atoms with Crippen molar-refractivity contribution in [3.05, 3.63) is 12.2 Å². The lowest BCUT2D eigenvalue weighted by Crippen LogP contribution is -2.72. The molecule has 0 spiro atoms. The molecule has 41 nitrogen and oxygen atoms in total. The molecule has 5 aliphatic rings. The molecule has 0 aliphatic carbocycles. The van der Waals surface area contributed by atoms with Crippen LogP contribution in [0.5, 0.6) is 0 Å². The van der Waals surface area contributed by atoms with E-state index < -0.39 is 277 Å². The standard InChI is InChI=1S/C87H154N4O37/c1-6-8-10-12-14-16-18-20-21-22-23-24-25-26-27-29-31-33-35-37-39-41-64(105)91-54(55(100)40-38-36-34-32-30-28-19-17-15-13-11-9-7-2)50-119-80-73(111)72(110)75(63(49-96)121-80)122-81-74(112)79(69(107)60(46-93)120-81)128-87(84(117)118)44-58(103)67(90-53(5)99)78(127-87)71(109)62(48-95)124-86(83(115)116)43-57(102)66(89-52(4)98)77(126-86)70(108)61(47-94)123-85(82(113)114)42-56(101)65(88-51(3)97)76(125-85)68(106)59(104)45-92/h20-21,54-63,65-81,92-96,100-104,106-112H,6-19,22-50H2,1-5H3,(H,88,97)(H,89,98)(H,90,99)(H,91,105)(H,113,114)(H,115,116)(H,117,118)/b21-20-/t54-,55+,56-,57-,58-,59+,60+,61+,62+,63+,65+,66+,67+,68+,69-,70+,71+,72+,73+,74+,75+,76?,77?,78?,79-,80+,81-,85+,86+,87-/m0/s1. The number of nitrogens with one attached hydrogen (secondary N) is 4. The van der Waals surface area contributed by atoms with Gasteiger partial charge in [-0.3, -0.25) is 19.2 Å². The third-order valence-corrected chi connectivity index (χ3v) is 24.5. The van der Waals surface area contributed by atoms with E-state index in [4.69, 9.17) is 47.4 Å². The molecule has 30 atom stereocenters. The van der Waals surface area contributed by atoms with E-state index in [0.717, 1.165) is 91.4 Å². The van der Waals surface area contributed by atoms with Crippen molar-refractivity contribution in [2.24, 2.45) is 0 Å². The van der Waals surface area contributed by atoms with Crippen LogP contribution in [0.15, 0.2) is 12.2 Å². The van der Waals surface area contributed by atoms with Crippen molar-refractivity contribution in [3.8, 4) is 0 Å². The molecule has 3 unspecified atom stereocenters. The second-order valence-electron chi connectivity index (χ2n) is 35.0. The van der Waals surface area contributed by atoms with Gasteiger partial charge in [-0.25, -0.2) is 14.4 Å². The van der Waals surface area contributed by atoms with Gasteiger partial charge in [-0.2, -0.15) is 0 Å². The fraction of sp³-hybridized carbons (Fsp3) is 0.897. The molecule has 5 rings (SSSR count). The summed E-state index contributed by atoms with van der Waals surface area (Å²) in [7, 11) is 0. The van der Waals surface area contributed by atoms with Crippen molar-refractivity contribution in [1.29, 1.82) is 0 Å². The van der Waals surface area contributed by atoms with Crippen LogP contribution in [-0.2, 0) is 80.9 Å². The molecule has 41 heteroatoms. The molecule has 744 valence electrons. The molecule has 0 saturated carbocycles. The molecule has 5 saturated heterocycles. The number of rotatable bonds is 65. The molecule has 24 N–H and O–H groups in total. The van der Waals surface area contributed by atoms with Gasteiger partial charge in [0.05, 0.1) is 88.2 Å². The molecule has 5 fully saturated rings. The number of carboxylic acid groups (broad SMARTS) is 3. The largest absolute Gasteiger partial charge is 0.477 e. The van der Waals surface area contributed by atoms with Crippen LogP contribution < -0.4 is 21.3 Å². The minimum Gasteiger partial charge on any atom is -0.477 e. The Morgan fingerprint density at radius 2 is 0.781 bits per heavy atom. The van der Waals surface area contributed by atoms with Crippen LogP contribution in [0.25, 0.3) is 0 Å². The Kier molecular flexibility index (Phi) is 52.3. The predicted molar refractivity (Wildman–Crippen MR) is 452 cm³/mol. The summed E-state index contributed by atoms with van der Waals surface area (Å²) in [5, 5.41) is 235. The maximum Gasteiger partial charge on any atom is 0.364 e. The van der Waals surface area contributed by atoms with Gasteiger partial charge < -0.3 is 171 Å². The second-order valence-corrected chi connectivity index (χ2v) is 35.0. The number of unbranched alkanes of at least 4 members (excludes halogenated alkanes) is 29. The third kappa shape index (κ3) is 35.0. The normalized spacial score (nSPS) is 31.8. The highest BCUT2D eigenvalue weighted by atomic mass is 16.8. The number of allylic oxidation sites excluding steroid dienone is 2. The maximum absolute atomic E-state index is 13.8.